The van der Waals surface area contributed by atoms with Crippen molar-refractivity contribution in [1.29, 1.82) is 0 Å². The highest BCUT2D eigenvalue weighted by molar-refractivity contribution is 5.46. The Morgan fingerprint density at radius 3 is 2.11 bits per heavy atom. The van der Waals surface area contributed by atoms with Crippen LogP contribution in [0.25, 0.3) is 0 Å². The van der Waals surface area contributed by atoms with Crippen molar-refractivity contribution >= 4 is 5.69 Å². The molecule has 0 bridgehead atoms. The van der Waals surface area contributed by atoms with Crippen LogP contribution in [-0.4, -0.2) is 19.2 Å². The second-order valence-electron chi connectivity index (χ2n) is 4.69. The van der Waals surface area contributed by atoms with Crippen LogP contribution in [0.4, 0.5) is 5.69 Å². The van der Waals surface area contributed by atoms with Crippen molar-refractivity contribution in [2.24, 2.45) is 0 Å². The first kappa shape index (κ1) is 12.7. The fourth-order valence-corrected chi connectivity index (χ4v) is 1.95. The summed E-state index contributed by atoms with van der Waals surface area (Å²) < 4.78 is 0. The van der Waals surface area contributed by atoms with Crippen molar-refractivity contribution in [2.75, 3.05) is 19.0 Å². The van der Waals surface area contributed by atoms with Gasteiger partial charge in [0.25, 0.3) is 0 Å². The SMILES string of the molecule is CN(C)c1ccc(C(O)Cc2ccccc2)cc1. The molecule has 0 aliphatic rings. The molecule has 0 fully saturated rings. The Morgan fingerprint density at radius 2 is 1.56 bits per heavy atom. The van der Waals surface area contributed by atoms with Crippen LogP contribution in [0.2, 0.25) is 0 Å². The molecule has 0 saturated heterocycles. The van der Waals surface area contributed by atoms with E-state index < -0.39 is 6.10 Å². The van der Waals surface area contributed by atoms with Crippen LogP contribution in [0.3, 0.4) is 0 Å². The smallest absolute Gasteiger partial charge is 0.0830 e. The Hall–Kier alpha value is -1.80. The van der Waals surface area contributed by atoms with E-state index >= 15 is 0 Å². The minimum absolute atomic E-state index is 0.441. The summed E-state index contributed by atoms with van der Waals surface area (Å²) in [5, 5.41) is 10.2. The monoisotopic (exact) mass is 241 g/mol. The van der Waals surface area contributed by atoms with Gasteiger partial charge in [0.05, 0.1) is 6.10 Å². The van der Waals surface area contributed by atoms with Crippen molar-refractivity contribution in [2.45, 2.75) is 12.5 Å². The quantitative estimate of drug-likeness (QED) is 0.889. The molecule has 0 amide bonds. The maximum atomic E-state index is 10.2. The third-order valence-corrected chi connectivity index (χ3v) is 3.07. The number of hydrogen-bond acceptors (Lipinski definition) is 2. The van der Waals surface area contributed by atoms with Crippen LogP contribution in [0.1, 0.15) is 17.2 Å². The average molecular weight is 241 g/mol. The lowest BCUT2D eigenvalue weighted by molar-refractivity contribution is 0.178. The van der Waals surface area contributed by atoms with Crippen LogP contribution in [0, 0.1) is 0 Å². The maximum absolute atomic E-state index is 10.2. The zero-order valence-corrected chi connectivity index (χ0v) is 10.9. The molecule has 0 spiro atoms. The van der Waals surface area contributed by atoms with Gasteiger partial charge in [0, 0.05) is 26.2 Å². The van der Waals surface area contributed by atoms with Crippen molar-refractivity contribution in [3.63, 3.8) is 0 Å². The lowest BCUT2D eigenvalue weighted by Crippen LogP contribution is -2.09. The van der Waals surface area contributed by atoms with E-state index in [1.165, 1.54) is 0 Å². The van der Waals surface area contributed by atoms with Crippen LogP contribution < -0.4 is 4.90 Å². The van der Waals surface area contributed by atoms with Crippen molar-refractivity contribution < 1.29 is 5.11 Å². The highest BCUT2D eigenvalue weighted by Gasteiger charge is 2.08. The summed E-state index contributed by atoms with van der Waals surface area (Å²) >= 11 is 0. The van der Waals surface area contributed by atoms with Gasteiger partial charge in [-0.1, -0.05) is 42.5 Å². The third-order valence-electron chi connectivity index (χ3n) is 3.07. The van der Waals surface area contributed by atoms with Crippen LogP contribution in [0.15, 0.2) is 54.6 Å². The lowest BCUT2D eigenvalue weighted by Gasteiger charge is -2.15. The van der Waals surface area contributed by atoms with Crippen LogP contribution in [0.5, 0.6) is 0 Å². The van der Waals surface area contributed by atoms with Crippen molar-refractivity contribution in [3.8, 4) is 0 Å². The number of rotatable bonds is 4. The van der Waals surface area contributed by atoms with Gasteiger partial charge in [-0.3, -0.25) is 0 Å². The molecule has 94 valence electrons. The molecule has 18 heavy (non-hydrogen) atoms. The van der Waals surface area contributed by atoms with Gasteiger partial charge in [0.15, 0.2) is 0 Å². The van der Waals surface area contributed by atoms with Gasteiger partial charge in [-0.15, -0.1) is 0 Å². The highest BCUT2D eigenvalue weighted by atomic mass is 16.3. The average Bonchev–Trinajstić information content (AvgIpc) is 2.40. The van der Waals surface area contributed by atoms with Crippen LogP contribution >= 0.6 is 0 Å². The van der Waals surface area contributed by atoms with E-state index in [2.05, 4.69) is 0 Å². The van der Waals surface area contributed by atoms with Gasteiger partial charge in [0.1, 0.15) is 0 Å². The topological polar surface area (TPSA) is 23.5 Å². The van der Waals surface area contributed by atoms with E-state index in [-0.39, 0.29) is 0 Å². The fourth-order valence-electron chi connectivity index (χ4n) is 1.95. The molecular weight excluding hydrogens is 222 g/mol. The summed E-state index contributed by atoms with van der Waals surface area (Å²) in [6.45, 7) is 0. The predicted octanol–water partition coefficient (Wildman–Crippen LogP) is 3.03. The number of aliphatic hydroxyl groups is 1. The second-order valence-corrected chi connectivity index (χ2v) is 4.69. The van der Waals surface area contributed by atoms with E-state index in [0.717, 1.165) is 16.8 Å². The first-order valence-corrected chi connectivity index (χ1v) is 6.16. The minimum Gasteiger partial charge on any atom is -0.388 e. The van der Waals surface area contributed by atoms with Gasteiger partial charge in [-0.2, -0.15) is 0 Å². The molecular formula is C16H19NO. The molecule has 2 heteroatoms. The highest BCUT2D eigenvalue weighted by Crippen LogP contribution is 2.21. The first-order valence-electron chi connectivity index (χ1n) is 6.16. The predicted molar refractivity (Wildman–Crippen MR) is 75.9 cm³/mol. The third kappa shape index (κ3) is 3.11. The zero-order valence-electron chi connectivity index (χ0n) is 10.9. The molecule has 0 heterocycles. The molecule has 2 rings (SSSR count). The largest absolute Gasteiger partial charge is 0.388 e. The van der Waals surface area contributed by atoms with Gasteiger partial charge in [-0.25, -0.2) is 0 Å². The van der Waals surface area contributed by atoms with E-state index in [1.54, 1.807) is 0 Å². The first-order chi connectivity index (χ1) is 8.66. The number of anilines is 1. The maximum Gasteiger partial charge on any atom is 0.0830 e. The Morgan fingerprint density at radius 1 is 0.944 bits per heavy atom. The molecule has 1 atom stereocenters. The van der Waals surface area contributed by atoms with E-state index in [0.29, 0.717) is 6.42 Å². The van der Waals surface area contributed by atoms with Gasteiger partial charge in [0.2, 0.25) is 0 Å². The van der Waals surface area contributed by atoms with Gasteiger partial charge < -0.3 is 10.0 Å². The molecule has 2 aromatic carbocycles. The fraction of sp³-hybridized carbons (Fsp3) is 0.250. The Kier molecular flexibility index (Phi) is 4.00. The molecule has 1 unspecified atom stereocenters. The second kappa shape index (κ2) is 5.69. The number of hydrogen-bond donors (Lipinski definition) is 1. The lowest BCUT2D eigenvalue weighted by atomic mass is 10.0. The Bertz CT molecular complexity index is 476. The normalized spacial score (nSPS) is 12.2. The molecule has 2 aromatic rings. The summed E-state index contributed by atoms with van der Waals surface area (Å²) in [4.78, 5) is 2.05. The van der Waals surface area contributed by atoms with E-state index in [4.69, 9.17) is 0 Å². The van der Waals surface area contributed by atoms with Crippen molar-refractivity contribution in [1.82, 2.24) is 0 Å². The van der Waals surface area contributed by atoms with Gasteiger partial charge >= 0.3 is 0 Å². The van der Waals surface area contributed by atoms with E-state index in [9.17, 15) is 5.11 Å². The number of nitrogens with zero attached hydrogens (tertiary/aromatic N) is 1. The molecule has 0 saturated carbocycles. The Balaban J connectivity index is 2.07. The number of aliphatic hydroxyl groups excluding tert-OH is 1. The molecule has 0 radical (unpaired) electrons. The molecule has 0 aliphatic carbocycles. The summed E-state index contributed by atoms with van der Waals surface area (Å²) in [6.07, 6.45) is 0.214. The van der Waals surface area contributed by atoms with E-state index in [1.807, 2.05) is 73.6 Å². The molecule has 2 nitrogen and oxygen atoms in total. The summed E-state index contributed by atoms with van der Waals surface area (Å²) in [7, 11) is 4.02. The summed E-state index contributed by atoms with van der Waals surface area (Å²) in [5.41, 5.74) is 3.26. The molecule has 1 N–H and O–H groups in total. The molecule has 0 aliphatic heterocycles. The zero-order chi connectivity index (χ0) is 13.0. The summed E-state index contributed by atoms with van der Waals surface area (Å²) in [6, 6.07) is 18.1. The minimum atomic E-state index is -0.441. The van der Waals surface area contributed by atoms with Gasteiger partial charge in [-0.05, 0) is 23.3 Å². The van der Waals surface area contributed by atoms with Crippen LogP contribution in [-0.2, 0) is 6.42 Å². The standard InChI is InChI=1S/C16H19NO/c1-17(2)15-10-8-14(9-11-15)16(18)12-13-6-4-3-5-7-13/h3-11,16,18H,12H2,1-2H3. The van der Waals surface area contributed by atoms with Crippen molar-refractivity contribution in [3.05, 3.63) is 65.7 Å². The summed E-state index contributed by atoms with van der Waals surface area (Å²) in [5.74, 6) is 0. The number of benzene rings is 2. The Labute approximate surface area is 109 Å². The molecule has 0 aromatic heterocycles.